The summed E-state index contributed by atoms with van der Waals surface area (Å²) >= 11 is 7.69. The lowest BCUT2D eigenvalue weighted by Gasteiger charge is -2.14. The molecule has 0 amide bonds. The maximum absolute atomic E-state index is 13.3. The van der Waals surface area contributed by atoms with Gasteiger partial charge in [0.2, 0.25) is 0 Å². The minimum Gasteiger partial charge on any atom is -0.493 e. The van der Waals surface area contributed by atoms with Crippen molar-refractivity contribution in [3.8, 4) is 22.8 Å². The van der Waals surface area contributed by atoms with E-state index in [-0.39, 0.29) is 0 Å². The minimum atomic E-state index is -4.47. The number of thioether (sulfide) groups is 1. The second-order valence-corrected chi connectivity index (χ2v) is 8.65. The zero-order valence-electron chi connectivity index (χ0n) is 17.5. The van der Waals surface area contributed by atoms with Crippen molar-refractivity contribution in [2.24, 2.45) is 0 Å². The molecule has 4 rings (SSSR count). The first kappa shape index (κ1) is 23.2. The van der Waals surface area contributed by atoms with E-state index in [1.807, 2.05) is 31.2 Å². The highest BCUT2D eigenvalue weighted by molar-refractivity contribution is 7.99. The zero-order chi connectivity index (χ0) is 23.4. The number of rotatable bonds is 7. The van der Waals surface area contributed by atoms with E-state index < -0.39 is 11.7 Å². The molecule has 0 N–H and O–H groups in total. The van der Waals surface area contributed by atoms with E-state index in [0.717, 1.165) is 23.4 Å². The molecule has 0 radical (unpaired) electrons. The molecule has 0 saturated carbocycles. The van der Waals surface area contributed by atoms with Gasteiger partial charge >= 0.3 is 6.18 Å². The molecule has 0 bridgehead atoms. The van der Waals surface area contributed by atoms with Gasteiger partial charge in [-0.15, -0.1) is 10.2 Å². The Balaban J connectivity index is 1.63. The molecule has 33 heavy (non-hydrogen) atoms. The summed E-state index contributed by atoms with van der Waals surface area (Å²) in [5, 5.41) is 9.36. The van der Waals surface area contributed by atoms with Crippen molar-refractivity contribution >= 4 is 23.4 Å². The lowest BCUT2D eigenvalue weighted by Crippen LogP contribution is -2.08. The molecule has 3 aromatic carbocycles. The van der Waals surface area contributed by atoms with Crippen LogP contribution >= 0.6 is 23.4 Å². The fourth-order valence-corrected chi connectivity index (χ4v) is 4.15. The average molecular weight is 490 g/mol. The van der Waals surface area contributed by atoms with Gasteiger partial charge in [0.1, 0.15) is 5.75 Å². The van der Waals surface area contributed by atoms with Gasteiger partial charge in [0.05, 0.1) is 22.9 Å². The van der Waals surface area contributed by atoms with Gasteiger partial charge < -0.3 is 4.74 Å². The summed E-state index contributed by atoms with van der Waals surface area (Å²) in [6.07, 6.45) is -4.47. The van der Waals surface area contributed by atoms with Gasteiger partial charge in [-0.2, -0.15) is 13.2 Å². The minimum absolute atomic E-state index is 0.298. The number of hydrogen-bond donors (Lipinski definition) is 0. The quantitative estimate of drug-likeness (QED) is 0.205. The fourth-order valence-electron chi connectivity index (χ4n) is 3.16. The third-order valence-corrected chi connectivity index (χ3v) is 6.01. The first-order chi connectivity index (χ1) is 15.8. The number of benzene rings is 3. The largest absolute Gasteiger partial charge is 0.493 e. The smallest absolute Gasteiger partial charge is 0.416 e. The van der Waals surface area contributed by atoms with Crippen LogP contribution in [0, 0.1) is 6.92 Å². The molecule has 4 aromatic rings. The van der Waals surface area contributed by atoms with E-state index in [1.54, 1.807) is 34.9 Å². The fraction of sp³-hybridized carbons (Fsp3) is 0.167. The number of nitrogens with zero attached hydrogens (tertiary/aromatic N) is 3. The topological polar surface area (TPSA) is 39.9 Å². The summed E-state index contributed by atoms with van der Waals surface area (Å²) < 4.78 is 47.4. The van der Waals surface area contributed by atoms with Crippen molar-refractivity contribution in [2.45, 2.75) is 18.3 Å². The summed E-state index contributed by atoms with van der Waals surface area (Å²) in [5.41, 5.74) is 1.26. The highest BCUT2D eigenvalue weighted by Crippen LogP contribution is 2.35. The number of halogens is 4. The van der Waals surface area contributed by atoms with Crippen molar-refractivity contribution in [3.63, 3.8) is 0 Å². The van der Waals surface area contributed by atoms with E-state index in [2.05, 4.69) is 10.2 Å². The summed E-state index contributed by atoms with van der Waals surface area (Å²) in [7, 11) is 0. The summed E-state index contributed by atoms with van der Waals surface area (Å²) in [6, 6.07) is 19.8. The normalized spacial score (nSPS) is 11.5. The first-order valence-electron chi connectivity index (χ1n) is 10.0. The Kier molecular flexibility index (Phi) is 6.95. The Morgan fingerprint density at radius 2 is 1.73 bits per heavy atom. The monoisotopic (exact) mass is 489 g/mol. The molecular formula is C24H19ClF3N3OS. The van der Waals surface area contributed by atoms with Crippen LogP contribution in [0.3, 0.4) is 0 Å². The predicted octanol–water partition coefficient (Wildman–Crippen LogP) is 7.09. The van der Waals surface area contributed by atoms with Crippen molar-refractivity contribution < 1.29 is 17.9 Å². The Hall–Kier alpha value is -2.97. The second-order valence-electron chi connectivity index (χ2n) is 7.18. The maximum atomic E-state index is 13.3. The second kappa shape index (κ2) is 9.89. The summed E-state index contributed by atoms with van der Waals surface area (Å²) in [6.45, 7) is 2.39. The number of ether oxygens (including phenoxy) is 1. The molecule has 0 aliphatic heterocycles. The van der Waals surface area contributed by atoms with Gasteiger partial charge in [-0.1, -0.05) is 59.3 Å². The van der Waals surface area contributed by atoms with E-state index in [0.29, 0.717) is 39.6 Å². The Labute approximate surface area is 198 Å². The molecule has 0 aliphatic rings. The van der Waals surface area contributed by atoms with Crippen LogP contribution in [0.15, 0.2) is 78.0 Å². The van der Waals surface area contributed by atoms with E-state index >= 15 is 0 Å². The Morgan fingerprint density at radius 3 is 2.45 bits per heavy atom. The number of hydrogen-bond acceptors (Lipinski definition) is 4. The molecule has 0 aliphatic carbocycles. The van der Waals surface area contributed by atoms with E-state index in [4.69, 9.17) is 16.3 Å². The van der Waals surface area contributed by atoms with Crippen molar-refractivity contribution in [3.05, 3.63) is 88.9 Å². The van der Waals surface area contributed by atoms with Crippen LogP contribution in [0.2, 0.25) is 5.02 Å². The van der Waals surface area contributed by atoms with Gasteiger partial charge in [-0.05, 0) is 49.4 Å². The van der Waals surface area contributed by atoms with Gasteiger partial charge in [-0.3, -0.25) is 4.57 Å². The van der Waals surface area contributed by atoms with Crippen molar-refractivity contribution in [1.29, 1.82) is 0 Å². The van der Waals surface area contributed by atoms with Crippen LogP contribution in [-0.4, -0.2) is 27.1 Å². The van der Waals surface area contributed by atoms with Crippen molar-refractivity contribution in [1.82, 2.24) is 14.8 Å². The van der Waals surface area contributed by atoms with E-state index in [9.17, 15) is 13.2 Å². The standard InChI is InChI=1S/C24H19ClF3N3OS/c1-16-9-11-19(12-10-16)32-13-14-33-23-30-29-22(20-7-2-3-8-21(20)25)31(23)18-6-4-5-17(15-18)24(26,27)28/h2-12,15H,13-14H2,1H3. The molecule has 0 atom stereocenters. The lowest BCUT2D eigenvalue weighted by molar-refractivity contribution is -0.137. The molecular weight excluding hydrogens is 471 g/mol. The molecule has 170 valence electrons. The number of aryl methyl sites for hydroxylation is 1. The van der Waals surface area contributed by atoms with Gasteiger partial charge in [0, 0.05) is 11.3 Å². The van der Waals surface area contributed by atoms with Crippen LogP contribution in [0.5, 0.6) is 5.75 Å². The molecule has 0 spiro atoms. The Bertz CT molecular complexity index is 1240. The molecule has 1 aromatic heterocycles. The lowest BCUT2D eigenvalue weighted by atomic mass is 10.1. The van der Waals surface area contributed by atoms with Crippen LogP contribution < -0.4 is 4.74 Å². The molecule has 0 saturated heterocycles. The van der Waals surface area contributed by atoms with Crippen LogP contribution in [0.25, 0.3) is 17.1 Å². The first-order valence-corrected chi connectivity index (χ1v) is 11.4. The van der Waals surface area contributed by atoms with Crippen LogP contribution in [-0.2, 0) is 6.18 Å². The van der Waals surface area contributed by atoms with Gasteiger partial charge in [0.15, 0.2) is 11.0 Å². The third-order valence-electron chi connectivity index (χ3n) is 4.78. The molecule has 1 heterocycles. The van der Waals surface area contributed by atoms with Crippen molar-refractivity contribution in [2.75, 3.05) is 12.4 Å². The third kappa shape index (κ3) is 5.51. The molecule has 4 nitrogen and oxygen atoms in total. The van der Waals surface area contributed by atoms with Gasteiger partial charge in [0.25, 0.3) is 0 Å². The summed E-state index contributed by atoms with van der Waals surface area (Å²) in [5.74, 6) is 1.63. The van der Waals surface area contributed by atoms with E-state index in [1.165, 1.54) is 17.8 Å². The van der Waals surface area contributed by atoms with Crippen LogP contribution in [0.4, 0.5) is 13.2 Å². The maximum Gasteiger partial charge on any atom is 0.416 e. The highest BCUT2D eigenvalue weighted by Gasteiger charge is 2.31. The number of aromatic nitrogens is 3. The molecule has 0 fully saturated rings. The number of alkyl halides is 3. The van der Waals surface area contributed by atoms with Gasteiger partial charge in [-0.25, -0.2) is 0 Å². The predicted molar refractivity (Wildman–Crippen MR) is 124 cm³/mol. The van der Waals surface area contributed by atoms with Crippen LogP contribution in [0.1, 0.15) is 11.1 Å². The summed E-state index contributed by atoms with van der Waals surface area (Å²) in [4.78, 5) is 0. The molecule has 0 unspecified atom stereocenters. The zero-order valence-corrected chi connectivity index (χ0v) is 19.1. The average Bonchev–Trinajstić information content (AvgIpc) is 3.21. The Morgan fingerprint density at radius 1 is 0.970 bits per heavy atom. The molecule has 9 heteroatoms. The highest BCUT2D eigenvalue weighted by atomic mass is 35.5. The SMILES string of the molecule is Cc1ccc(OCCSc2nnc(-c3ccccc3Cl)n2-c2cccc(C(F)(F)F)c2)cc1.